The molecule has 0 spiro atoms. The molecular weight excluding hydrogens is 316 g/mol. The molecular formula is C20H22N2O3. The molecule has 0 bridgehead atoms. The average molecular weight is 338 g/mol. The van der Waals surface area contributed by atoms with Gasteiger partial charge in [0.05, 0.1) is 6.61 Å². The highest BCUT2D eigenvalue weighted by atomic mass is 16.5. The lowest BCUT2D eigenvalue weighted by Crippen LogP contribution is -2.41. The van der Waals surface area contributed by atoms with Gasteiger partial charge in [0, 0.05) is 23.8 Å². The first-order valence-corrected chi connectivity index (χ1v) is 8.46. The molecule has 1 aliphatic heterocycles. The fourth-order valence-electron chi connectivity index (χ4n) is 2.84. The molecule has 1 unspecified atom stereocenters. The van der Waals surface area contributed by atoms with E-state index in [-0.39, 0.29) is 24.3 Å². The van der Waals surface area contributed by atoms with E-state index in [4.69, 9.17) is 4.74 Å². The third-order valence-electron chi connectivity index (χ3n) is 4.26. The van der Waals surface area contributed by atoms with Crippen molar-refractivity contribution in [2.45, 2.75) is 13.3 Å². The van der Waals surface area contributed by atoms with Crippen molar-refractivity contribution in [3.63, 3.8) is 0 Å². The monoisotopic (exact) mass is 338 g/mol. The molecule has 2 amide bonds. The van der Waals surface area contributed by atoms with Crippen LogP contribution in [0.1, 0.15) is 12.5 Å². The summed E-state index contributed by atoms with van der Waals surface area (Å²) in [6.07, 6.45) is 0.701. The number of carbonyl (C=O) groups excluding carboxylic acids is 2. The smallest absolute Gasteiger partial charge is 0.253 e. The van der Waals surface area contributed by atoms with Crippen LogP contribution in [0.3, 0.4) is 0 Å². The summed E-state index contributed by atoms with van der Waals surface area (Å²) in [5, 5.41) is 2.94. The van der Waals surface area contributed by atoms with E-state index < -0.39 is 0 Å². The second-order valence-corrected chi connectivity index (χ2v) is 6.22. The van der Waals surface area contributed by atoms with Crippen molar-refractivity contribution in [3.05, 3.63) is 60.2 Å². The van der Waals surface area contributed by atoms with Crippen molar-refractivity contribution in [2.75, 3.05) is 30.0 Å². The van der Waals surface area contributed by atoms with Gasteiger partial charge < -0.3 is 15.0 Å². The SMILES string of the molecule is CC(Cc1ccccc1)C(=O)Nc1ccc(N2CCOCC2=O)cc1. The lowest BCUT2D eigenvalue weighted by molar-refractivity contribution is -0.125. The van der Waals surface area contributed by atoms with Crippen LogP contribution in [-0.2, 0) is 20.7 Å². The fraction of sp³-hybridized carbons (Fsp3) is 0.300. The highest BCUT2D eigenvalue weighted by Gasteiger charge is 2.20. The Balaban J connectivity index is 1.59. The number of amides is 2. The zero-order chi connectivity index (χ0) is 17.6. The third-order valence-corrected chi connectivity index (χ3v) is 4.26. The molecule has 5 nitrogen and oxygen atoms in total. The van der Waals surface area contributed by atoms with E-state index in [2.05, 4.69) is 5.32 Å². The molecule has 1 fully saturated rings. The van der Waals surface area contributed by atoms with Crippen LogP contribution in [0.25, 0.3) is 0 Å². The van der Waals surface area contributed by atoms with E-state index in [1.54, 1.807) is 4.90 Å². The zero-order valence-electron chi connectivity index (χ0n) is 14.3. The van der Waals surface area contributed by atoms with Gasteiger partial charge in [0.25, 0.3) is 5.91 Å². The Kier molecular flexibility index (Phi) is 5.46. The molecule has 1 saturated heterocycles. The molecule has 0 saturated carbocycles. The van der Waals surface area contributed by atoms with Crippen LogP contribution in [0, 0.1) is 5.92 Å². The summed E-state index contributed by atoms with van der Waals surface area (Å²) < 4.78 is 5.14. The Morgan fingerprint density at radius 3 is 2.56 bits per heavy atom. The van der Waals surface area contributed by atoms with E-state index in [1.807, 2.05) is 61.5 Å². The van der Waals surface area contributed by atoms with Gasteiger partial charge in [-0.3, -0.25) is 9.59 Å². The molecule has 0 radical (unpaired) electrons. The normalized spacial score (nSPS) is 15.7. The maximum absolute atomic E-state index is 12.4. The standard InChI is InChI=1S/C20H22N2O3/c1-15(13-16-5-3-2-4-6-16)20(24)21-17-7-9-18(10-8-17)22-11-12-25-14-19(22)23/h2-10,15H,11-14H2,1H3,(H,21,24). The summed E-state index contributed by atoms with van der Waals surface area (Å²) in [6.45, 7) is 3.14. The molecule has 0 aliphatic carbocycles. The Labute approximate surface area is 147 Å². The maximum atomic E-state index is 12.4. The Bertz CT molecular complexity index is 728. The molecule has 130 valence electrons. The van der Waals surface area contributed by atoms with Gasteiger partial charge in [-0.15, -0.1) is 0 Å². The molecule has 5 heteroatoms. The highest BCUT2D eigenvalue weighted by molar-refractivity contribution is 5.96. The first-order chi connectivity index (χ1) is 12.1. The lowest BCUT2D eigenvalue weighted by atomic mass is 10.0. The molecule has 1 N–H and O–H groups in total. The van der Waals surface area contributed by atoms with Crippen LogP contribution >= 0.6 is 0 Å². The Morgan fingerprint density at radius 2 is 1.88 bits per heavy atom. The number of nitrogens with zero attached hydrogens (tertiary/aromatic N) is 1. The number of hydrogen-bond acceptors (Lipinski definition) is 3. The predicted octanol–water partition coefficient (Wildman–Crippen LogP) is 2.87. The topological polar surface area (TPSA) is 58.6 Å². The first-order valence-electron chi connectivity index (χ1n) is 8.46. The number of anilines is 2. The number of morpholine rings is 1. The largest absolute Gasteiger partial charge is 0.370 e. The van der Waals surface area contributed by atoms with Gasteiger partial charge in [0.15, 0.2) is 0 Å². The molecule has 3 rings (SSSR count). The first kappa shape index (κ1) is 17.2. The Hall–Kier alpha value is -2.66. The van der Waals surface area contributed by atoms with Gasteiger partial charge in [0.1, 0.15) is 6.61 Å². The summed E-state index contributed by atoms with van der Waals surface area (Å²) in [6, 6.07) is 17.3. The van der Waals surface area contributed by atoms with Crippen LogP contribution in [0.5, 0.6) is 0 Å². The maximum Gasteiger partial charge on any atom is 0.253 e. The van der Waals surface area contributed by atoms with Gasteiger partial charge in [-0.1, -0.05) is 37.3 Å². The van der Waals surface area contributed by atoms with Gasteiger partial charge in [-0.2, -0.15) is 0 Å². The van der Waals surface area contributed by atoms with Crippen LogP contribution in [0.2, 0.25) is 0 Å². The predicted molar refractivity (Wildman–Crippen MR) is 97.6 cm³/mol. The van der Waals surface area contributed by atoms with Crippen LogP contribution in [-0.4, -0.2) is 31.6 Å². The summed E-state index contributed by atoms with van der Waals surface area (Å²) in [5.41, 5.74) is 2.70. The Morgan fingerprint density at radius 1 is 1.16 bits per heavy atom. The molecule has 0 aromatic heterocycles. The second-order valence-electron chi connectivity index (χ2n) is 6.22. The number of hydrogen-bond donors (Lipinski definition) is 1. The van der Waals surface area contributed by atoms with Crippen molar-refractivity contribution in [1.29, 1.82) is 0 Å². The second kappa shape index (κ2) is 7.94. The highest BCUT2D eigenvalue weighted by Crippen LogP contribution is 2.20. The van der Waals surface area contributed by atoms with Crippen molar-refractivity contribution in [1.82, 2.24) is 0 Å². The van der Waals surface area contributed by atoms with E-state index in [0.717, 1.165) is 16.9 Å². The van der Waals surface area contributed by atoms with Gasteiger partial charge in [-0.25, -0.2) is 0 Å². The van der Waals surface area contributed by atoms with Gasteiger partial charge >= 0.3 is 0 Å². The van der Waals surface area contributed by atoms with Crippen LogP contribution in [0.15, 0.2) is 54.6 Å². The van der Waals surface area contributed by atoms with E-state index in [0.29, 0.717) is 19.6 Å². The number of benzene rings is 2. The van der Waals surface area contributed by atoms with E-state index in [9.17, 15) is 9.59 Å². The van der Waals surface area contributed by atoms with E-state index in [1.165, 1.54) is 0 Å². The minimum Gasteiger partial charge on any atom is -0.370 e. The van der Waals surface area contributed by atoms with E-state index >= 15 is 0 Å². The fourth-order valence-corrected chi connectivity index (χ4v) is 2.84. The molecule has 2 aromatic rings. The summed E-state index contributed by atoms with van der Waals surface area (Å²) in [4.78, 5) is 25.9. The number of nitrogens with one attached hydrogen (secondary N) is 1. The molecule has 25 heavy (non-hydrogen) atoms. The van der Waals surface area contributed by atoms with Crippen LogP contribution < -0.4 is 10.2 Å². The number of rotatable bonds is 5. The van der Waals surface area contributed by atoms with Crippen molar-refractivity contribution in [2.24, 2.45) is 5.92 Å². The summed E-state index contributed by atoms with van der Waals surface area (Å²) >= 11 is 0. The van der Waals surface area contributed by atoms with Crippen molar-refractivity contribution >= 4 is 23.2 Å². The minimum atomic E-state index is -0.122. The number of ether oxygens (including phenoxy) is 1. The summed E-state index contributed by atoms with van der Waals surface area (Å²) in [5.74, 6) is -0.179. The molecule has 1 heterocycles. The quantitative estimate of drug-likeness (QED) is 0.912. The lowest BCUT2D eigenvalue weighted by Gasteiger charge is -2.27. The van der Waals surface area contributed by atoms with Gasteiger partial charge in [0.2, 0.25) is 5.91 Å². The zero-order valence-corrected chi connectivity index (χ0v) is 14.3. The van der Waals surface area contributed by atoms with Crippen molar-refractivity contribution in [3.8, 4) is 0 Å². The molecule has 1 aliphatic rings. The third kappa shape index (κ3) is 4.45. The minimum absolute atomic E-state index is 0.0148. The molecule has 1 atom stereocenters. The van der Waals surface area contributed by atoms with Crippen molar-refractivity contribution < 1.29 is 14.3 Å². The van der Waals surface area contributed by atoms with Crippen LogP contribution in [0.4, 0.5) is 11.4 Å². The summed E-state index contributed by atoms with van der Waals surface area (Å²) in [7, 11) is 0. The number of carbonyl (C=O) groups is 2. The van der Waals surface area contributed by atoms with Gasteiger partial charge in [-0.05, 0) is 36.2 Å². The average Bonchev–Trinajstić information content (AvgIpc) is 2.64. The molecule has 2 aromatic carbocycles.